The van der Waals surface area contributed by atoms with Gasteiger partial charge in [0.2, 0.25) is 5.91 Å². The molecular formula is C26H31FN2O. The predicted octanol–water partition coefficient (Wildman–Crippen LogP) is 5.74. The Morgan fingerprint density at radius 1 is 1.03 bits per heavy atom. The van der Waals surface area contributed by atoms with Gasteiger partial charge in [-0.05, 0) is 85.3 Å². The number of nitrogens with zero attached hydrogens (tertiary/aromatic N) is 2. The number of carbonyl (C=O) groups is 1. The third kappa shape index (κ3) is 2.48. The minimum atomic E-state index is -0.251. The number of carbonyl (C=O) groups excluding carboxylic acids is 1. The van der Waals surface area contributed by atoms with Crippen LogP contribution in [0.4, 0.5) is 4.39 Å². The maximum atomic E-state index is 13.9. The highest BCUT2D eigenvalue weighted by Gasteiger charge is 2.59. The fraction of sp³-hybridized carbons (Fsp3) is 0.615. The predicted molar refractivity (Wildman–Crippen MR) is 115 cm³/mol. The highest BCUT2D eigenvalue weighted by molar-refractivity contribution is 5.81. The number of fused-ring (bicyclic) bond motifs is 5. The van der Waals surface area contributed by atoms with E-state index in [1.54, 1.807) is 6.07 Å². The van der Waals surface area contributed by atoms with Crippen LogP contribution in [0.25, 0.3) is 5.57 Å². The monoisotopic (exact) mass is 406 g/mol. The average Bonchev–Trinajstić information content (AvgIpc) is 3.49. The zero-order chi connectivity index (χ0) is 20.7. The Morgan fingerprint density at radius 3 is 2.63 bits per heavy atom. The molecule has 1 amide bonds. The third-order valence-corrected chi connectivity index (χ3v) is 9.32. The maximum absolute atomic E-state index is 13.9. The van der Waals surface area contributed by atoms with Crippen molar-refractivity contribution in [2.24, 2.45) is 28.6 Å². The molecule has 3 nitrogen and oxygen atoms in total. The Kier molecular flexibility index (Phi) is 3.93. The average molecular weight is 407 g/mol. The fourth-order valence-corrected chi connectivity index (χ4v) is 7.69. The van der Waals surface area contributed by atoms with Crippen LogP contribution in [-0.4, -0.2) is 21.8 Å². The molecule has 1 saturated heterocycles. The summed E-state index contributed by atoms with van der Waals surface area (Å²) in [6, 6.07) is 2.12. The first-order valence-corrected chi connectivity index (χ1v) is 11.8. The normalized spacial score (nSPS) is 40.3. The Labute approximate surface area is 178 Å². The van der Waals surface area contributed by atoms with E-state index in [-0.39, 0.29) is 16.6 Å². The van der Waals surface area contributed by atoms with E-state index in [1.165, 1.54) is 36.7 Å². The van der Waals surface area contributed by atoms with Crippen molar-refractivity contribution in [1.29, 1.82) is 0 Å². The molecule has 0 spiro atoms. The molecule has 1 aromatic rings. The minimum Gasteiger partial charge on any atom is -0.313 e. The highest BCUT2D eigenvalue weighted by atomic mass is 19.1. The van der Waals surface area contributed by atoms with Gasteiger partial charge in [-0.3, -0.25) is 9.78 Å². The molecule has 6 rings (SSSR count). The van der Waals surface area contributed by atoms with Gasteiger partial charge >= 0.3 is 0 Å². The van der Waals surface area contributed by atoms with Gasteiger partial charge in [-0.15, -0.1) is 0 Å². The summed E-state index contributed by atoms with van der Waals surface area (Å²) in [5, 5.41) is 0. The number of amides is 1. The van der Waals surface area contributed by atoms with Crippen LogP contribution >= 0.6 is 0 Å². The number of allylic oxidation sites excluding steroid dienone is 4. The largest absolute Gasteiger partial charge is 0.313 e. The van der Waals surface area contributed by atoms with E-state index in [0.717, 1.165) is 31.2 Å². The summed E-state index contributed by atoms with van der Waals surface area (Å²) >= 11 is 0. The lowest BCUT2D eigenvalue weighted by molar-refractivity contribution is -0.137. The van der Waals surface area contributed by atoms with E-state index in [4.69, 9.17) is 0 Å². The third-order valence-electron chi connectivity index (χ3n) is 9.32. The number of rotatable bonds is 2. The van der Waals surface area contributed by atoms with Crippen molar-refractivity contribution >= 4 is 11.5 Å². The van der Waals surface area contributed by atoms with Crippen LogP contribution < -0.4 is 0 Å². The maximum Gasteiger partial charge on any atom is 0.227 e. The van der Waals surface area contributed by atoms with E-state index in [0.29, 0.717) is 36.1 Å². The zero-order valence-corrected chi connectivity index (χ0v) is 18.0. The molecule has 4 aliphatic carbocycles. The molecule has 0 bridgehead atoms. The smallest absolute Gasteiger partial charge is 0.227 e. The molecule has 4 heteroatoms. The van der Waals surface area contributed by atoms with Crippen LogP contribution in [0.3, 0.4) is 0 Å². The number of hydrogen-bond acceptors (Lipinski definition) is 2. The molecule has 30 heavy (non-hydrogen) atoms. The van der Waals surface area contributed by atoms with E-state index in [2.05, 4.69) is 35.9 Å². The Morgan fingerprint density at radius 2 is 1.87 bits per heavy atom. The summed E-state index contributed by atoms with van der Waals surface area (Å²) in [5.41, 5.74) is 3.84. The van der Waals surface area contributed by atoms with Crippen molar-refractivity contribution in [3.8, 4) is 0 Å². The first-order valence-electron chi connectivity index (χ1n) is 11.8. The van der Waals surface area contributed by atoms with Crippen LogP contribution in [0, 0.1) is 34.4 Å². The van der Waals surface area contributed by atoms with Gasteiger partial charge in [0.25, 0.3) is 0 Å². The zero-order valence-electron chi connectivity index (χ0n) is 18.0. The number of halogens is 1. The summed E-state index contributed by atoms with van der Waals surface area (Å²) in [6.45, 7) is 4.85. The van der Waals surface area contributed by atoms with Gasteiger partial charge in [-0.25, -0.2) is 4.39 Å². The van der Waals surface area contributed by atoms with Crippen molar-refractivity contribution in [3.05, 3.63) is 47.7 Å². The van der Waals surface area contributed by atoms with E-state index in [9.17, 15) is 9.18 Å². The van der Waals surface area contributed by atoms with Gasteiger partial charge in [-0.1, -0.05) is 26.0 Å². The Bertz CT molecular complexity index is 979. The number of pyridine rings is 1. The fourth-order valence-electron chi connectivity index (χ4n) is 7.69. The van der Waals surface area contributed by atoms with Crippen LogP contribution in [-0.2, 0) is 4.79 Å². The number of likely N-dealkylation sites (tertiary alicyclic amines) is 1. The van der Waals surface area contributed by atoms with Crippen LogP contribution in [0.2, 0.25) is 0 Å². The lowest BCUT2D eigenvalue weighted by Gasteiger charge is -2.58. The summed E-state index contributed by atoms with van der Waals surface area (Å²) in [6.07, 6.45) is 16.5. The second kappa shape index (κ2) is 6.27. The molecule has 0 radical (unpaired) electrons. The summed E-state index contributed by atoms with van der Waals surface area (Å²) in [7, 11) is 0. The van der Waals surface area contributed by atoms with Gasteiger partial charge in [0.15, 0.2) is 0 Å². The van der Waals surface area contributed by atoms with Crippen molar-refractivity contribution in [2.75, 3.05) is 0 Å². The van der Waals surface area contributed by atoms with Gasteiger partial charge in [-0.2, -0.15) is 0 Å². The van der Waals surface area contributed by atoms with E-state index >= 15 is 0 Å². The molecule has 3 fully saturated rings. The molecule has 2 heterocycles. The van der Waals surface area contributed by atoms with Gasteiger partial charge in [0.05, 0.1) is 6.20 Å². The quantitative estimate of drug-likeness (QED) is 0.628. The van der Waals surface area contributed by atoms with Gasteiger partial charge < -0.3 is 4.90 Å². The van der Waals surface area contributed by atoms with Crippen molar-refractivity contribution in [2.45, 2.75) is 71.3 Å². The van der Waals surface area contributed by atoms with Crippen LogP contribution in [0.15, 0.2) is 36.3 Å². The summed E-state index contributed by atoms with van der Waals surface area (Å²) in [5.74, 6) is 1.98. The molecule has 0 N–H and O–H groups in total. The first kappa shape index (κ1) is 18.8. The molecule has 0 aromatic carbocycles. The summed E-state index contributed by atoms with van der Waals surface area (Å²) < 4.78 is 13.9. The number of hydrogen-bond donors (Lipinski definition) is 0. The van der Waals surface area contributed by atoms with Crippen molar-refractivity contribution in [1.82, 2.24) is 9.88 Å². The first-order chi connectivity index (χ1) is 14.4. The summed E-state index contributed by atoms with van der Waals surface area (Å²) in [4.78, 5) is 19.1. The number of aromatic nitrogens is 1. The molecule has 0 unspecified atom stereocenters. The van der Waals surface area contributed by atoms with E-state index < -0.39 is 0 Å². The molecule has 5 aliphatic rings. The second-order valence-electron chi connectivity index (χ2n) is 10.8. The second-order valence-corrected chi connectivity index (χ2v) is 10.8. The van der Waals surface area contributed by atoms with Crippen LogP contribution in [0.1, 0.15) is 70.8 Å². The number of piperidine rings is 1. The highest BCUT2D eigenvalue weighted by Crippen LogP contribution is 2.66. The van der Waals surface area contributed by atoms with E-state index in [1.807, 2.05) is 6.20 Å². The molecule has 5 atom stereocenters. The van der Waals surface area contributed by atoms with Crippen molar-refractivity contribution < 1.29 is 9.18 Å². The Balaban J connectivity index is 1.34. The molecule has 1 aliphatic heterocycles. The SMILES string of the molecule is C[C@]12CCC(=O)N(C3CC3)C1=CC[C@@H]1[C@@H]2CC[C@]2(C)C(c3cncc(F)c3)=CC[C@@H]12. The van der Waals surface area contributed by atoms with Gasteiger partial charge in [0, 0.05) is 29.8 Å². The molecule has 158 valence electrons. The van der Waals surface area contributed by atoms with Crippen LogP contribution in [0.5, 0.6) is 0 Å². The van der Waals surface area contributed by atoms with Gasteiger partial charge in [0.1, 0.15) is 5.82 Å². The lowest BCUT2D eigenvalue weighted by atomic mass is 9.49. The molecule has 2 saturated carbocycles. The lowest BCUT2D eigenvalue weighted by Crippen LogP contribution is -2.54. The van der Waals surface area contributed by atoms with Crippen molar-refractivity contribution in [3.63, 3.8) is 0 Å². The Hall–Kier alpha value is -1.97. The topological polar surface area (TPSA) is 33.2 Å². The molecule has 1 aromatic heterocycles. The molecular weight excluding hydrogens is 375 g/mol. The standard InChI is InChI=1S/C26H31FN2O/c1-25-11-9-22-19(21(25)7-6-20(25)16-13-17(27)15-28-14-16)5-8-23-26(22,2)12-10-24(30)29(23)18-3-4-18/h6,8,13-15,18-19,21-22H,3-5,7,9-12H2,1-2H3/t19-,21-,22-,25+,26+/m0/s1. The minimum absolute atomic E-state index is 0.0962.